The maximum Gasteiger partial charge on any atom is 0.329 e. The molecular formula is C62H88ClFN10O12. The Morgan fingerprint density at radius 2 is 1.12 bits per heavy atom. The van der Waals surface area contributed by atoms with E-state index in [-0.39, 0.29) is 95.0 Å². The molecule has 86 heavy (non-hydrogen) atoms. The minimum Gasteiger partial charge on any atom is -0.460 e. The summed E-state index contributed by atoms with van der Waals surface area (Å²) >= 11 is 5.96. The third-order valence-corrected chi connectivity index (χ3v) is 12.9. The molecule has 0 heterocycles. The number of halogens is 2. The van der Waals surface area contributed by atoms with E-state index in [0.717, 1.165) is 11.1 Å². The lowest BCUT2D eigenvalue weighted by Crippen LogP contribution is -2.55. The number of ether oxygens (including phenoxy) is 3. The highest BCUT2D eigenvalue weighted by Gasteiger charge is 2.32. The Balaban J connectivity index is 1.59. The van der Waals surface area contributed by atoms with Gasteiger partial charge in [-0.25, -0.2) is 18.8 Å². The van der Waals surface area contributed by atoms with E-state index in [1.54, 1.807) is 97.5 Å². The third-order valence-electron chi connectivity index (χ3n) is 12.5. The molecule has 7 amide bonds. The second-order valence-corrected chi connectivity index (χ2v) is 24.2. The lowest BCUT2D eigenvalue weighted by Gasteiger charge is -2.27. The summed E-state index contributed by atoms with van der Waals surface area (Å²) in [5.41, 5.74) is 8.01. The van der Waals surface area contributed by atoms with Crippen molar-refractivity contribution in [1.29, 1.82) is 0 Å². The van der Waals surface area contributed by atoms with Crippen molar-refractivity contribution in [1.82, 2.24) is 36.8 Å². The average Bonchev–Trinajstić information content (AvgIpc) is 3.64. The van der Waals surface area contributed by atoms with Crippen LogP contribution in [-0.4, -0.2) is 126 Å². The van der Waals surface area contributed by atoms with E-state index < -0.39 is 94.4 Å². The van der Waals surface area contributed by atoms with Crippen LogP contribution in [0.2, 0.25) is 5.02 Å². The van der Waals surface area contributed by atoms with Crippen molar-refractivity contribution in [3.8, 4) is 0 Å². The molecule has 3 aromatic rings. The summed E-state index contributed by atoms with van der Waals surface area (Å²) < 4.78 is 31.1. The number of hydrogen-bond acceptors (Lipinski definition) is 13. The number of nitrogens with zero attached hydrogens (tertiary/aromatic N) is 4. The monoisotopic (exact) mass is 1220 g/mol. The number of nitrogens with one attached hydrogen (secondary N) is 6. The van der Waals surface area contributed by atoms with Crippen LogP contribution < -0.4 is 31.9 Å². The molecule has 0 aliphatic carbocycles. The van der Waals surface area contributed by atoms with Gasteiger partial charge in [0, 0.05) is 76.2 Å². The van der Waals surface area contributed by atoms with Gasteiger partial charge in [0.25, 0.3) is 0 Å². The molecule has 0 saturated heterocycles. The number of benzene rings is 3. The average molecular weight is 1220 g/mol. The Bertz CT molecular complexity index is 2750. The summed E-state index contributed by atoms with van der Waals surface area (Å²) in [5, 5.41) is 19.7. The maximum absolute atomic E-state index is 14.6. The molecule has 22 nitrogen and oxygen atoms in total. The Kier molecular flexibility index (Phi) is 31.1. The number of rotatable bonds is 35. The Morgan fingerprint density at radius 1 is 0.570 bits per heavy atom. The van der Waals surface area contributed by atoms with Crippen molar-refractivity contribution >= 4 is 65.1 Å². The quantitative estimate of drug-likeness (QED) is 0.00806. The van der Waals surface area contributed by atoms with Gasteiger partial charge in [-0.05, 0) is 142 Å². The summed E-state index contributed by atoms with van der Waals surface area (Å²) in [6.45, 7) is 16.0. The Hall–Kier alpha value is -7.78. The summed E-state index contributed by atoms with van der Waals surface area (Å²) in [6, 6.07) is 17.0. The molecule has 3 rings (SSSR count). The lowest BCUT2D eigenvalue weighted by molar-refractivity contribution is -0.159. The van der Waals surface area contributed by atoms with Crippen LogP contribution in [0.25, 0.3) is 10.4 Å². The van der Waals surface area contributed by atoms with Crippen LogP contribution in [0.5, 0.6) is 0 Å². The van der Waals surface area contributed by atoms with Crippen molar-refractivity contribution in [3.63, 3.8) is 0 Å². The molecule has 0 bridgehead atoms. The van der Waals surface area contributed by atoms with Gasteiger partial charge < -0.3 is 51.0 Å². The van der Waals surface area contributed by atoms with Gasteiger partial charge in [0.2, 0.25) is 29.5 Å². The molecule has 0 aliphatic rings. The predicted octanol–water partition coefficient (Wildman–Crippen LogP) is 8.55. The van der Waals surface area contributed by atoms with Crippen LogP contribution in [0, 0.1) is 5.82 Å². The minimum absolute atomic E-state index is 0.0495. The number of carbonyl (C=O) groups is 9. The molecular weight excluding hydrogens is 1130 g/mol. The zero-order valence-electron chi connectivity index (χ0n) is 51.2. The molecule has 472 valence electrons. The number of hydrogen-bond donors (Lipinski definition) is 6. The first-order valence-electron chi connectivity index (χ1n) is 29.2. The molecule has 0 spiro atoms. The van der Waals surface area contributed by atoms with Crippen LogP contribution in [0.15, 0.2) is 84.0 Å². The van der Waals surface area contributed by atoms with Crippen LogP contribution in [0.1, 0.15) is 156 Å². The second kappa shape index (κ2) is 36.9. The predicted molar refractivity (Wildman–Crippen MR) is 323 cm³/mol. The van der Waals surface area contributed by atoms with Crippen LogP contribution in [-0.2, 0) is 72.0 Å². The molecule has 24 heteroatoms. The van der Waals surface area contributed by atoms with Crippen molar-refractivity contribution in [3.05, 3.63) is 117 Å². The number of carbonyl (C=O) groups excluding carboxylic acids is 9. The smallest absolute Gasteiger partial charge is 0.329 e. The van der Waals surface area contributed by atoms with Crippen LogP contribution >= 0.6 is 11.6 Å². The molecule has 6 N–H and O–H groups in total. The fraction of sp³-hybridized carbons (Fsp3) is 0.565. The number of urea groups is 1. The second-order valence-electron chi connectivity index (χ2n) is 23.8. The van der Waals surface area contributed by atoms with E-state index in [1.165, 1.54) is 12.1 Å². The van der Waals surface area contributed by atoms with E-state index in [4.69, 9.17) is 31.3 Å². The number of esters is 3. The van der Waals surface area contributed by atoms with E-state index >= 15 is 0 Å². The summed E-state index contributed by atoms with van der Waals surface area (Å²) in [7, 11) is 0. The lowest BCUT2D eigenvalue weighted by atomic mass is 10.0. The fourth-order valence-electron chi connectivity index (χ4n) is 8.52. The normalized spacial score (nSPS) is 12.8. The highest BCUT2D eigenvalue weighted by atomic mass is 35.5. The highest BCUT2D eigenvalue weighted by Crippen LogP contribution is 2.20. The van der Waals surface area contributed by atoms with Gasteiger partial charge in [0.05, 0.1) is 5.02 Å². The Morgan fingerprint density at radius 3 is 1.67 bits per heavy atom. The van der Waals surface area contributed by atoms with Gasteiger partial charge in [0.1, 0.15) is 46.8 Å². The zero-order chi connectivity index (χ0) is 63.9. The molecule has 3 aromatic carbocycles. The fourth-order valence-corrected chi connectivity index (χ4v) is 8.64. The van der Waals surface area contributed by atoms with E-state index in [1.807, 2.05) is 36.4 Å². The molecule has 0 saturated carbocycles. The molecule has 0 fully saturated rings. The van der Waals surface area contributed by atoms with Gasteiger partial charge >= 0.3 is 23.9 Å². The zero-order valence-corrected chi connectivity index (χ0v) is 51.9. The molecule has 0 aliphatic heterocycles. The van der Waals surface area contributed by atoms with Gasteiger partial charge in [-0.15, -0.1) is 0 Å². The molecule has 0 aromatic heterocycles. The van der Waals surface area contributed by atoms with Gasteiger partial charge in [-0.2, -0.15) is 0 Å². The van der Waals surface area contributed by atoms with Crippen molar-refractivity contribution in [2.75, 3.05) is 26.2 Å². The van der Waals surface area contributed by atoms with E-state index in [0.29, 0.717) is 44.1 Å². The maximum atomic E-state index is 14.6. The van der Waals surface area contributed by atoms with Crippen LogP contribution in [0.3, 0.4) is 0 Å². The molecule has 0 unspecified atom stereocenters. The van der Waals surface area contributed by atoms with E-state index in [9.17, 15) is 47.5 Å². The minimum atomic E-state index is -1.28. The largest absolute Gasteiger partial charge is 0.460 e. The Labute approximate surface area is 509 Å². The molecule has 4 atom stereocenters. The van der Waals surface area contributed by atoms with Crippen molar-refractivity contribution in [2.24, 2.45) is 5.11 Å². The van der Waals surface area contributed by atoms with Crippen LogP contribution in [0.4, 0.5) is 9.18 Å². The SMILES string of the molecule is CC(C)(C)OC(=O)CC[C@H](NC(=O)N[C@@H](CCCCN(Cc1ccc(Cl)c(F)c1)C(=O)CCCCCNC(=O)CCC(=O)N[C@@H](Cc1ccccc1)C(=O)N[C@@H](Cc1ccccc1)C(=O)NCCCN=[N+]=[N-])C(=O)OC(C)(C)C)C(=O)OC(C)(C)C. The summed E-state index contributed by atoms with van der Waals surface area (Å²) in [4.78, 5) is 124. The van der Waals surface area contributed by atoms with Crippen molar-refractivity contribution in [2.45, 2.75) is 200 Å². The number of amides is 7. The number of azide groups is 1. The topological polar surface area (TPSA) is 306 Å². The van der Waals surface area contributed by atoms with Gasteiger partial charge in [-0.1, -0.05) is 89.9 Å². The molecule has 0 radical (unpaired) electrons. The van der Waals surface area contributed by atoms with E-state index in [2.05, 4.69) is 41.9 Å². The van der Waals surface area contributed by atoms with Crippen molar-refractivity contribution < 1.29 is 61.8 Å². The number of unbranched alkanes of at least 4 members (excludes halogenated alkanes) is 3. The summed E-state index contributed by atoms with van der Waals surface area (Å²) in [5.74, 6) is -4.99. The summed E-state index contributed by atoms with van der Waals surface area (Å²) in [6.07, 6.45) is 2.25. The third kappa shape index (κ3) is 31.4. The van der Waals surface area contributed by atoms with Gasteiger partial charge in [0.15, 0.2) is 0 Å². The van der Waals surface area contributed by atoms with Gasteiger partial charge in [-0.3, -0.25) is 28.8 Å². The first-order chi connectivity index (χ1) is 40.5. The first kappa shape index (κ1) is 72.5. The first-order valence-corrected chi connectivity index (χ1v) is 29.6. The standard InChI is InChI=1S/C62H88ClFN10O12/c1-60(2,3)84-54(78)33-30-48(58(82)86-62(7,8)9)72-59(83)71-47(57(81)85-61(4,5)6)26-18-20-37-74(41-44-28-29-45(63)46(64)38-44)53(77)27-17-12-19-34-66-51(75)31-32-52(76)69-50(40-43-24-15-11-16-25-43)56(80)70-49(39-42-22-13-10-14-23-42)55(79)67-35-21-36-68-73-65/h10-11,13-16,22-25,28-29,38,47-50H,12,17-21,26-27,30-37,39-41H2,1-9H3,(H,66,75)(H,67,79)(H,69,76)(H,70,80)(H2,71,72,83)/t47-,48-,49-,50-/m0/s1. The highest BCUT2D eigenvalue weighted by molar-refractivity contribution is 6.30.